The summed E-state index contributed by atoms with van der Waals surface area (Å²) in [6.45, 7) is 8.38. The predicted molar refractivity (Wildman–Crippen MR) is 86.7 cm³/mol. The molecule has 0 amide bonds. The van der Waals surface area contributed by atoms with E-state index in [-0.39, 0.29) is 17.6 Å². The molecule has 6 nitrogen and oxygen atoms in total. The van der Waals surface area contributed by atoms with Crippen molar-refractivity contribution in [3.63, 3.8) is 0 Å². The van der Waals surface area contributed by atoms with Gasteiger partial charge in [0.2, 0.25) is 0 Å². The summed E-state index contributed by atoms with van der Waals surface area (Å²) in [4.78, 5) is 12.6. The zero-order chi connectivity index (χ0) is 16.1. The molecule has 2 heterocycles. The Balaban J connectivity index is 2.11. The molecular formula is C15H17N3O3S. The van der Waals surface area contributed by atoms with Crippen LogP contribution >= 0.6 is 12.2 Å². The number of nitro groups is 1. The molecule has 0 spiro atoms. The van der Waals surface area contributed by atoms with Gasteiger partial charge in [0, 0.05) is 30.2 Å². The summed E-state index contributed by atoms with van der Waals surface area (Å²) >= 11 is 5.44. The Morgan fingerprint density at radius 3 is 3.00 bits per heavy atom. The minimum Gasteiger partial charge on any atom is -0.467 e. The summed E-state index contributed by atoms with van der Waals surface area (Å²) in [5.74, 6) is 0.717. The number of hydrogen-bond donors (Lipinski definition) is 1. The molecule has 116 valence electrons. The number of rotatable bonds is 3. The molecule has 22 heavy (non-hydrogen) atoms. The number of nitrogens with zero attached hydrogens (tertiary/aromatic N) is 2. The summed E-state index contributed by atoms with van der Waals surface area (Å²) in [5.41, 5.74) is 0.226. The van der Waals surface area contributed by atoms with E-state index >= 15 is 0 Å². The highest BCUT2D eigenvalue weighted by atomic mass is 32.1. The fourth-order valence-corrected chi connectivity index (χ4v) is 3.57. The Labute approximate surface area is 133 Å². The second-order valence-corrected chi connectivity index (χ2v) is 6.14. The van der Waals surface area contributed by atoms with E-state index in [2.05, 4.69) is 18.8 Å². The molecule has 1 fully saturated rings. The van der Waals surface area contributed by atoms with Crippen LogP contribution in [0.5, 0.6) is 5.75 Å². The number of ether oxygens (including phenoxy) is 1. The van der Waals surface area contributed by atoms with E-state index < -0.39 is 10.6 Å². The molecule has 0 saturated carbocycles. The van der Waals surface area contributed by atoms with E-state index in [9.17, 15) is 10.1 Å². The first-order valence-corrected chi connectivity index (χ1v) is 7.45. The molecule has 3 rings (SSSR count). The van der Waals surface area contributed by atoms with Crippen LogP contribution in [-0.4, -0.2) is 27.2 Å². The summed E-state index contributed by atoms with van der Waals surface area (Å²) < 4.78 is 6.20. The van der Waals surface area contributed by atoms with E-state index in [4.69, 9.17) is 17.0 Å². The van der Waals surface area contributed by atoms with Crippen molar-refractivity contribution in [2.45, 2.75) is 25.6 Å². The molecule has 1 saturated heterocycles. The van der Waals surface area contributed by atoms with Gasteiger partial charge in [-0.05, 0) is 25.2 Å². The van der Waals surface area contributed by atoms with Gasteiger partial charge >= 0.3 is 0 Å². The first kappa shape index (κ1) is 14.8. The second-order valence-electron chi connectivity index (χ2n) is 5.75. The van der Waals surface area contributed by atoms with E-state index in [1.54, 1.807) is 18.2 Å². The quantitative estimate of drug-likeness (QED) is 0.400. The summed E-state index contributed by atoms with van der Waals surface area (Å²) in [6, 6.07) is 4.58. The Hall–Kier alpha value is -2.15. The summed E-state index contributed by atoms with van der Waals surface area (Å²) in [7, 11) is 0. The van der Waals surface area contributed by atoms with Crippen molar-refractivity contribution >= 4 is 23.0 Å². The van der Waals surface area contributed by atoms with E-state index in [1.165, 1.54) is 6.07 Å². The van der Waals surface area contributed by atoms with Crippen LogP contribution in [0.4, 0.5) is 5.69 Å². The van der Waals surface area contributed by atoms with E-state index in [0.29, 0.717) is 17.4 Å². The van der Waals surface area contributed by atoms with Gasteiger partial charge in [-0.1, -0.05) is 13.0 Å². The van der Waals surface area contributed by atoms with Gasteiger partial charge in [0.1, 0.15) is 5.75 Å². The Kier molecular flexibility index (Phi) is 3.32. The van der Waals surface area contributed by atoms with Crippen molar-refractivity contribution in [3.8, 4) is 5.75 Å². The zero-order valence-corrected chi connectivity index (χ0v) is 13.2. The molecule has 0 radical (unpaired) electrons. The number of hydrogen-bond acceptors (Lipinski definition) is 4. The van der Waals surface area contributed by atoms with Crippen LogP contribution in [0.1, 0.15) is 25.5 Å². The van der Waals surface area contributed by atoms with Gasteiger partial charge in [0.15, 0.2) is 10.8 Å². The largest absolute Gasteiger partial charge is 0.467 e. The van der Waals surface area contributed by atoms with Gasteiger partial charge in [-0.15, -0.1) is 6.58 Å². The van der Waals surface area contributed by atoms with Crippen LogP contribution in [0, 0.1) is 16.0 Å². The number of non-ortho nitro benzene ring substituents is 1. The Morgan fingerprint density at radius 2 is 2.36 bits per heavy atom. The van der Waals surface area contributed by atoms with Gasteiger partial charge in [-0.2, -0.15) is 0 Å². The SMILES string of the molecule is C=CCN1C(=S)N[C@H]2c3cc([N+](=O)[O-])ccc3O[C@]1(C)[C@@H]2C. The molecule has 2 bridgehead atoms. The molecule has 1 aromatic rings. The molecule has 3 atom stereocenters. The average molecular weight is 319 g/mol. The van der Waals surface area contributed by atoms with Crippen molar-refractivity contribution in [1.82, 2.24) is 10.2 Å². The third-order valence-electron chi connectivity index (χ3n) is 4.57. The Bertz CT molecular complexity index is 678. The monoisotopic (exact) mass is 319 g/mol. The van der Waals surface area contributed by atoms with Crippen LogP contribution < -0.4 is 10.1 Å². The van der Waals surface area contributed by atoms with Gasteiger partial charge in [-0.25, -0.2) is 0 Å². The first-order valence-electron chi connectivity index (χ1n) is 7.05. The topological polar surface area (TPSA) is 67.6 Å². The predicted octanol–water partition coefficient (Wildman–Crippen LogP) is 2.76. The first-order chi connectivity index (χ1) is 10.4. The van der Waals surface area contributed by atoms with Crippen LogP contribution in [-0.2, 0) is 0 Å². The van der Waals surface area contributed by atoms with Crippen molar-refractivity contribution in [3.05, 3.63) is 46.5 Å². The minimum absolute atomic E-state index is 0.0550. The molecule has 1 aromatic carbocycles. The van der Waals surface area contributed by atoms with E-state index in [1.807, 2.05) is 11.8 Å². The van der Waals surface area contributed by atoms with Crippen molar-refractivity contribution in [1.29, 1.82) is 0 Å². The summed E-state index contributed by atoms with van der Waals surface area (Å²) in [6.07, 6.45) is 1.78. The number of benzene rings is 1. The smallest absolute Gasteiger partial charge is 0.270 e. The van der Waals surface area contributed by atoms with Gasteiger partial charge < -0.3 is 15.0 Å². The van der Waals surface area contributed by atoms with Crippen molar-refractivity contribution < 1.29 is 9.66 Å². The lowest BCUT2D eigenvalue weighted by Gasteiger charge is -2.55. The fraction of sp³-hybridized carbons (Fsp3) is 0.400. The summed E-state index contributed by atoms with van der Waals surface area (Å²) in [5, 5.41) is 14.9. The van der Waals surface area contributed by atoms with Crippen molar-refractivity contribution in [2.24, 2.45) is 5.92 Å². The van der Waals surface area contributed by atoms with Crippen LogP contribution in [0.25, 0.3) is 0 Å². The normalized spacial score (nSPS) is 29.2. The van der Waals surface area contributed by atoms with Gasteiger partial charge in [0.05, 0.1) is 11.0 Å². The lowest BCUT2D eigenvalue weighted by molar-refractivity contribution is -0.385. The zero-order valence-electron chi connectivity index (χ0n) is 12.4. The lowest BCUT2D eigenvalue weighted by Crippen LogP contribution is -2.68. The number of nitro benzene ring substituents is 1. The van der Waals surface area contributed by atoms with Crippen LogP contribution in [0.2, 0.25) is 0 Å². The average Bonchev–Trinajstić information content (AvgIpc) is 2.47. The molecular weight excluding hydrogens is 302 g/mol. The highest BCUT2D eigenvalue weighted by Crippen LogP contribution is 2.48. The molecule has 2 aliphatic rings. The number of thiocarbonyl (C=S) groups is 1. The molecule has 2 aliphatic heterocycles. The molecule has 0 unspecified atom stereocenters. The maximum Gasteiger partial charge on any atom is 0.270 e. The minimum atomic E-state index is -0.607. The molecule has 1 N–H and O–H groups in total. The maximum atomic E-state index is 11.0. The number of fused-ring (bicyclic) bond motifs is 4. The van der Waals surface area contributed by atoms with Crippen molar-refractivity contribution in [2.75, 3.05) is 6.54 Å². The van der Waals surface area contributed by atoms with Crippen LogP contribution in [0.15, 0.2) is 30.9 Å². The third kappa shape index (κ3) is 1.96. The second kappa shape index (κ2) is 4.95. The third-order valence-corrected chi connectivity index (χ3v) is 4.91. The molecule has 7 heteroatoms. The van der Waals surface area contributed by atoms with E-state index in [0.717, 1.165) is 5.56 Å². The fourth-order valence-electron chi connectivity index (χ4n) is 3.19. The van der Waals surface area contributed by atoms with Gasteiger partial charge in [0.25, 0.3) is 5.69 Å². The number of nitrogens with one attached hydrogen (secondary N) is 1. The molecule has 0 aliphatic carbocycles. The van der Waals surface area contributed by atoms with Crippen LogP contribution in [0.3, 0.4) is 0 Å². The Morgan fingerprint density at radius 1 is 1.64 bits per heavy atom. The highest BCUT2D eigenvalue weighted by molar-refractivity contribution is 7.80. The maximum absolute atomic E-state index is 11.0. The molecule has 0 aromatic heterocycles. The standard InChI is InChI=1S/C15H17N3O3S/c1-4-7-17-14(22)16-13-9(2)15(17,3)21-12-6-5-10(18(19)20)8-11(12)13/h4-6,8-9,13H,1,7H2,2-3H3,(H,16,22)/t9-,13-,15-/m1/s1. The van der Waals surface area contributed by atoms with Gasteiger partial charge in [-0.3, -0.25) is 10.1 Å². The highest BCUT2D eigenvalue weighted by Gasteiger charge is 2.53. The lowest BCUT2D eigenvalue weighted by atomic mass is 9.81.